The second kappa shape index (κ2) is 4.36. The Bertz CT molecular complexity index is 308. The quantitative estimate of drug-likeness (QED) is 0.646. The molecule has 1 rings (SSSR count). The van der Waals surface area contributed by atoms with Crippen molar-refractivity contribution in [3.8, 4) is 0 Å². The SMILES string of the molecule is C=C[C](C)c1cc(Cl)c(Cl)c(Cl)c1. The zero-order chi connectivity index (χ0) is 10.0. The predicted molar refractivity (Wildman–Crippen MR) is 59.7 cm³/mol. The van der Waals surface area contributed by atoms with Crippen LogP contribution in [0.1, 0.15) is 12.5 Å². The van der Waals surface area contributed by atoms with Gasteiger partial charge in [0.05, 0.1) is 15.1 Å². The van der Waals surface area contributed by atoms with Crippen LogP contribution in [0.25, 0.3) is 0 Å². The molecular weight excluding hydrogens is 226 g/mol. The lowest BCUT2D eigenvalue weighted by molar-refractivity contribution is 1.26. The van der Waals surface area contributed by atoms with Gasteiger partial charge in [0.1, 0.15) is 0 Å². The van der Waals surface area contributed by atoms with Crippen LogP contribution in [-0.2, 0) is 0 Å². The first kappa shape index (κ1) is 10.9. The number of hydrogen-bond acceptors (Lipinski definition) is 0. The van der Waals surface area contributed by atoms with Crippen molar-refractivity contribution >= 4 is 34.8 Å². The van der Waals surface area contributed by atoms with Crippen LogP contribution in [-0.4, -0.2) is 0 Å². The molecule has 0 saturated heterocycles. The molecule has 0 atom stereocenters. The highest BCUT2D eigenvalue weighted by molar-refractivity contribution is 6.48. The Kier molecular flexibility index (Phi) is 3.66. The molecule has 0 spiro atoms. The summed E-state index contributed by atoms with van der Waals surface area (Å²) < 4.78 is 0. The van der Waals surface area contributed by atoms with Gasteiger partial charge in [0, 0.05) is 5.92 Å². The van der Waals surface area contributed by atoms with Crippen LogP contribution in [0.4, 0.5) is 0 Å². The second-order valence-electron chi connectivity index (χ2n) is 2.64. The summed E-state index contributed by atoms with van der Waals surface area (Å²) in [7, 11) is 0. The third kappa shape index (κ3) is 2.40. The van der Waals surface area contributed by atoms with Gasteiger partial charge in [-0.2, -0.15) is 0 Å². The van der Waals surface area contributed by atoms with E-state index in [9.17, 15) is 0 Å². The Morgan fingerprint density at radius 3 is 2.08 bits per heavy atom. The predicted octanol–water partition coefficient (Wildman–Crippen LogP) is 4.78. The van der Waals surface area contributed by atoms with Crippen molar-refractivity contribution < 1.29 is 0 Å². The summed E-state index contributed by atoms with van der Waals surface area (Å²) >= 11 is 17.5. The largest absolute Gasteiger partial charge is 0.102 e. The van der Waals surface area contributed by atoms with E-state index in [0.29, 0.717) is 15.1 Å². The van der Waals surface area contributed by atoms with Crippen LogP contribution >= 0.6 is 34.8 Å². The molecule has 0 bridgehead atoms. The van der Waals surface area contributed by atoms with Crippen LogP contribution < -0.4 is 0 Å². The van der Waals surface area contributed by atoms with Crippen LogP contribution in [0.2, 0.25) is 15.1 Å². The van der Waals surface area contributed by atoms with E-state index in [1.807, 2.05) is 6.92 Å². The zero-order valence-corrected chi connectivity index (χ0v) is 9.34. The minimum atomic E-state index is 0.393. The summed E-state index contributed by atoms with van der Waals surface area (Å²) in [5, 5.41) is 1.32. The van der Waals surface area contributed by atoms with Gasteiger partial charge < -0.3 is 0 Å². The van der Waals surface area contributed by atoms with Crippen molar-refractivity contribution in [2.45, 2.75) is 6.92 Å². The minimum Gasteiger partial charge on any atom is -0.102 e. The molecule has 3 heteroatoms. The number of rotatable bonds is 2. The molecule has 0 heterocycles. The minimum absolute atomic E-state index is 0.393. The molecule has 0 aliphatic carbocycles. The van der Waals surface area contributed by atoms with Gasteiger partial charge in [-0.1, -0.05) is 47.8 Å². The maximum absolute atomic E-state index is 5.86. The Morgan fingerprint density at radius 2 is 1.69 bits per heavy atom. The van der Waals surface area contributed by atoms with E-state index in [1.165, 1.54) is 0 Å². The van der Waals surface area contributed by atoms with Gasteiger partial charge in [-0.15, -0.1) is 6.58 Å². The molecule has 0 amide bonds. The highest BCUT2D eigenvalue weighted by Gasteiger charge is 2.08. The molecule has 0 nitrogen and oxygen atoms in total. The Balaban J connectivity index is 3.20. The molecule has 69 valence electrons. The summed E-state index contributed by atoms with van der Waals surface area (Å²) in [4.78, 5) is 0. The van der Waals surface area contributed by atoms with E-state index in [4.69, 9.17) is 34.8 Å². The molecule has 0 saturated carbocycles. The second-order valence-corrected chi connectivity index (χ2v) is 3.83. The van der Waals surface area contributed by atoms with Gasteiger partial charge in [-0.3, -0.25) is 0 Å². The van der Waals surface area contributed by atoms with Crippen molar-refractivity contribution in [1.29, 1.82) is 0 Å². The lowest BCUT2D eigenvalue weighted by atomic mass is 10.0. The van der Waals surface area contributed by atoms with Gasteiger partial charge in [0.2, 0.25) is 0 Å². The van der Waals surface area contributed by atoms with Crippen LogP contribution in [0, 0.1) is 5.92 Å². The van der Waals surface area contributed by atoms with E-state index in [1.54, 1.807) is 18.2 Å². The van der Waals surface area contributed by atoms with Crippen molar-refractivity contribution in [3.05, 3.63) is 51.3 Å². The number of hydrogen-bond donors (Lipinski definition) is 0. The van der Waals surface area contributed by atoms with Gasteiger partial charge in [-0.25, -0.2) is 0 Å². The van der Waals surface area contributed by atoms with Crippen molar-refractivity contribution in [2.24, 2.45) is 0 Å². The first-order valence-corrected chi connectivity index (χ1v) is 4.80. The van der Waals surface area contributed by atoms with Gasteiger partial charge in [0.25, 0.3) is 0 Å². The molecule has 0 fully saturated rings. The summed E-state index contributed by atoms with van der Waals surface area (Å²) in [5.41, 5.74) is 0.939. The molecule has 0 aliphatic heterocycles. The molecule has 0 N–H and O–H groups in total. The maximum Gasteiger partial charge on any atom is 0.0778 e. The van der Waals surface area contributed by atoms with Gasteiger partial charge in [-0.05, 0) is 17.7 Å². The molecular formula is C10H8Cl3. The normalized spacial score (nSPS) is 10.5. The third-order valence-electron chi connectivity index (χ3n) is 1.75. The van der Waals surface area contributed by atoms with E-state index < -0.39 is 0 Å². The summed E-state index contributed by atoms with van der Waals surface area (Å²) in [6.45, 7) is 5.60. The molecule has 13 heavy (non-hydrogen) atoms. The van der Waals surface area contributed by atoms with Crippen LogP contribution in [0.5, 0.6) is 0 Å². The highest BCUT2D eigenvalue weighted by atomic mass is 35.5. The average Bonchev–Trinajstić information content (AvgIpc) is 2.12. The molecule has 1 radical (unpaired) electrons. The van der Waals surface area contributed by atoms with Gasteiger partial charge in [0.15, 0.2) is 0 Å². The Labute approximate surface area is 93.1 Å². The summed E-state index contributed by atoms with van der Waals surface area (Å²) in [6, 6.07) is 3.54. The number of allylic oxidation sites excluding steroid dienone is 1. The molecule has 1 aromatic carbocycles. The van der Waals surface area contributed by atoms with Crippen LogP contribution in [0.3, 0.4) is 0 Å². The van der Waals surface area contributed by atoms with E-state index >= 15 is 0 Å². The topological polar surface area (TPSA) is 0 Å². The molecule has 0 aromatic heterocycles. The number of benzene rings is 1. The monoisotopic (exact) mass is 233 g/mol. The van der Waals surface area contributed by atoms with Gasteiger partial charge >= 0.3 is 0 Å². The smallest absolute Gasteiger partial charge is 0.0778 e. The average molecular weight is 235 g/mol. The molecule has 1 aromatic rings. The molecule has 0 aliphatic rings. The van der Waals surface area contributed by atoms with E-state index in [2.05, 4.69) is 6.58 Å². The first-order chi connectivity index (χ1) is 6.06. The highest BCUT2D eigenvalue weighted by Crippen LogP contribution is 2.33. The lowest BCUT2D eigenvalue weighted by Gasteiger charge is -2.08. The van der Waals surface area contributed by atoms with Crippen molar-refractivity contribution in [3.63, 3.8) is 0 Å². The standard InChI is InChI=1S/C10H8Cl3/c1-3-6(2)7-4-8(11)10(13)9(12)5-7/h3-5H,1H2,2H3. The lowest BCUT2D eigenvalue weighted by Crippen LogP contribution is -1.90. The summed E-state index contributed by atoms with van der Waals surface area (Å²) in [6.07, 6.45) is 1.75. The van der Waals surface area contributed by atoms with Crippen molar-refractivity contribution in [1.82, 2.24) is 0 Å². The summed E-state index contributed by atoms with van der Waals surface area (Å²) in [5.74, 6) is 1.01. The van der Waals surface area contributed by atoms with E-state index in [-0.39, 0.29) is 0 Å². The molecule has 0 unspecified atom stereocenters. The fraction of sp³-hybridized carbons (Fsp3) is 0.100. The van der Waals surface area contributed by atoms with E-state index in [0.717, 1.165) is 11.5 Å². The van der Waals surface area contributed by atoms with Crippen molar-refractivity contribution in [2.75, 3.05) is 0 Å². The fourth-order valence-corrected chi connectivity index (χ4v) is 1.50. The Hall–Kier alpha value is -0.170. The fourth-order valence-electron chi connectivity index (χ4n) is 0.901. The third-order valence-corrected chi connectivity index (χ3v) is 2.94. The Morgan fingerprint density at radius 1 is 1.23 bits per heavy atom. The zero-order valence-electron chi connectivity index (χ0n) is 7.07. The number of halogens is 3. The van der Waals surface area contributed by atoms with Crippen LogP contribution in [0.15, 0.2) is 24.8 Å². The first-order valence-electron chi connectivity index (χ1n) is 3.67. The maximum atomic E-state index is 5.86.